The van der Waals surface area contributed by atoms with Crippen molar-refractivity contribution in [1.82, 2.24) is 24.5 Å². The van der Waals surface area contributed by atoms with Gasteiger partial charge in [0.15, 0.2) is 5.82 Å². The lowest BCUT2D eigenvalue weighted by Crippen LogP contribution is -2.25. The lowest BCUT2D eigenvalue weighted by molar-refractivity contribution is 0.512. The van der Waals surface area contributed by atoms with Gasteiger partial charge in [0.05, 0.1) is 5.39 Å². The summed E-state index contributed by atoms with van der Waals surface area (Å²) in [5, 5.41) is 10.1. The Bertz CT molecular complexity index is 823. The molecule has 0 saturated heterocycles. The average Bonchev–Trinajstić information content (AvgIpc) is 3.11. The van der Waals surface area contributed by atoms with E-state index in [0.717, 1.165) is 18.2 Å². The first kappa shape index (κ1) is 15.4. The molecule has 0 aliphatic carbocycles. The van der Waals surface area contributed by atoms with Crippen molar-refractivity contribution in [2.75, 3.05) is 0 Å². The molecule has 2 heterocycles. The van der Waals surface area contributed by atoms with Gasteiger partial charge in [-0.2, -0.15) is 5.10 Å². The van der Waals surface area contributed by atoms with E-state index >= 15 is 0 Å². The molecule has 0 fully saturated rings. The highest BCUT2D eigenvalue weighted by molar-refractivity contribution is 5.87. The van der Waals surface area contributed by atoms with E-state index in [1.165, 1.54) is 25.6 Å². The Morgan fingerprint density at radius 1 is 1.04 bits per heavy atom. The molecular formula is C17H21N5O. The molecule has 0 unspecified atom stereocenters. The van der Waals surface area contributed by atoms with E-state index in [-0.39, 0.29) is 5.56 Å². The minimum absolute atomic E-state index is 0.0417. The predicted octanol–water partition coefficient (Wildman–Crippen LogP) is 2.95. The molecule has 6 heteroatoms. The van der Waals surface area contributed by atoms with Gasteiger partial charge in [0.2, 0.25) is 0 Å². The van der Waals surface area contributed by atoms with Crippen LogP contribution in [0, 0.1) is 0 Å². The standard InChI is InChI=1S/C17H21N5O/c1-2-3-4-5-8-11-21-17(23)15-10-7-6-9-14(15)16(20-21)22-13-18-12-19-22/h6-7,9-10,12-13H,2-5,8,11H2,1H3. The van der Waals surface area contributed by atoms with Gasteiger partial charge in [-0.3, -0.25) is 4.79 Å². The zero-order valence-electron chi connectivity index (χ0n) is 13.4. The van der Waals surface area contributed by atoms with E-state index in [1.54, 1.807) is 15.7 Å². The summed E-state index contributed by atoms with van der Waals surface area (Å²) < 4.78 is 3.17. The second kappa shape index (κ2) is 7.17. The van der Waals surface area contributed by atoms with Crippen molar-refractivity contribution >= 4 is 10.8 Å². The summed E-state index contributed by atoms with van der Waals surface area (Å²) in [6, 6.07) is 7.51. The molecule has 23 heavy (non-hydrogen) atoms. The molecule has 0 bridgehead atoms. The van der Waals surface area contributed by atoms with E-state index in [2.05, 4.69) is 22.1 Å². The Morgan fingerprint density at radius 2 is 1.83 bits per heavy atom. The smallest absolute Gasteiger partial charge is 0.267 e. The van der Waals surface area contributed by atoms with Crippen LogP contribution in [0.3, 0.4) is 0 Å². The molecule has 0 radical (unpaired) electrons. The second-order valence-electron chi connectivity index (χ2n) is 5.65. The van der Waals surface area contributed by atoms with Gasteiger partial charge in [-0.25, -0.2) is 14.3 Å². The Labute approximate surface area is 134 Å². The molecule has 1 aromatic carbocycles. The van der Waals surface area contributed by atoms with Crippen LogP contribution in [0.15, 0.2) is 41.7 Å². The summed E-state index contributed by atoms with van der Waals surface area (Å²) in [6.07, 6.45) is 8.81. The van der Waals surface area contributed by atoms with Crippen LogP contribution in [0.2, 0.25) is 0 Å². The number of rotatable bonds is 7. The number of benzene rings is 1. The van der Waals surface area contributed by atoms with Crippen LogP contribution in [-0.4, -0.2) is 24.5 Å². The Balaban J connectivity index is 1.95. The summed E-state index contributed by atoms with van der Waals surface area (Å²) in [6.45, 7) is 2.83. The summed E-state index contributed by atoms with van der Waals surface area (Å²) in [5.41, 5.74) is -0.0417. The Kier molecular flexibility index (Phi) is 4.80. The second-order valence-corrected chi connectivity index (χ2v) is 5.65. The van der Waals surface area contributed by atoms with Crippen molar-refractivity contribution in [3.63, 3.8) is 0 Å². The molecule has 0 spiro atoms. The third kappa shape index (κ3) is 3.31. The van der Waals surface area contributed by atoms with Gasteiger partial charge in [-0.1, -0.05) is 50.8 Å². The first-order chi connectivity index (χ1) is 11.3. The molecule has 0 amide bonds. The van der Waals surface area contributed by atoms with Crippen molar-refractivity contribution in [2.24, 2.45) is 0 Å². The summed E-state index contributed by atoms with van der Waals surface area (Å²) >= 11 is 0. The minimum atomic E-state index is -0.0417. The van der Waals surface area contributed by atoms with E-state index in [1.807, 2.05) is 24.3 Å². The number of nitrogens with zero attached hydrogens (tertiary/aromatic N) is 5. The van der Waals surface area contributed by atoms with Crippen LogP contribution in [0.25, 0.3) is 16.6 Å². The van der Waals surface area contributed by atoms with Gasteiger partial charge in [0, 0.05) is 11.9 Å². The zero-order chi connectivity index (χ0) is 16.1. The number of fused-ring (bicyclic) bond motifs is 1. The zero-order valence-corrected chi connectivity index (χ0v) is 13.4. The molecule has 120 valence electrons. The lowest BCUT2D eigenvalue weighted by atomic mass is 10.1. The van der Waals surface area contributed by atoms with Crippen molar-refractivity contribution in [2.45, 2.75) is 45.6 Å². The molecule has 0 aliphatic heterocycles. The number of hydrogen-bond donors (Lipinski definition) is 0. The molecule has 0 saturated carbocycles. The number of hydrogen-bond acceptors (Lipinski definition) is 4. The molecule has 6 nitrogen and oxygen atoms in total. The maximum Gasteiger partial charge on any atom is 0.274 e. The molecule has 0 atom stereocenters. The Morgan fingerprint density at radius 3 is 2.57 bits per heavy atom. The van der Waals surface area contributed by atoms with Gasteiger partial charge in [0.25, 0.3) is 5.56 Å². The van der Waals surface area contributed by atoms with E-state index < -0.39 is 0 Å². The predicted molar refractivity (Wildman–Crippen MR) is 89.7 cm³/mol. The van der Waals surface area contributed by atoms with E-state index in [0.29, 0.717) is 17.7 Å². The van der Waals surface area contributed by atoms with E-state index in [4.69, 9.17) is 0 Å². The van der Waals surface area contributed by atoms with Crippen LogP contribution in [-0.2, 0) is 6.54 Å². The number of aryl methyl sites for hydroxylation is 1. The van der Waals surface area contributed by atoms with Gasteiger partial charge < -0.3 is 0 Å². The van der Waals surface area contributed by atoms with Gasteiger partial charge in [-0.15, -0.1) is 5.10 Å². The van der Waals surface area contributed by atoms with Crippen LogP contribution in [0.5, 0.6) is 0 Å². The average molecular weight is 311 g/mol. The molecule has 0 aliphatic rings. The van der Waals surface area contributed by atoms with Crippen molar-refractivity contribution in [3.05, 3.63) is 47.3 Å². The van der Waals surface area contributed by atoms with Crippen LogP contribution in [0.1, 0.15) is 39.0 Å². The highest BCUT2D eigenvalue weighted by Gasteiger charge is 2.12. The van der Waals surface area contributed by atoms with Crippen molar-refractivity contribution in [3.8, 4) is 5.82 Å². The maximum absolute atomic E-state index is 12.6. The lowest BCUT2D eigenvalue weighted by Gasteiger charge is -2.10. The van der Waals surface area contributed by atoms with Crippen molar-refractivity contribution < 1.29 is 0 Å². The van der Waals surface area contributed by atoms with Gasteiger partial charge >= 0.3 is 0 Å². The molecule has 3 aromatic rings. The normalized spacial score (nSPS) is 11.2. The van der Waals surface area contributed by atoms with Crippen molar-refractivity contribution in [1.29, 1.82) is 0 Å². The first-order valence-electron chi connectivity index (χ1n) is 8.16. The highest BCUT2D eigenvalue weighted by Crippen LogP contribution is 2.16. The summed E-state index contributed by atoms with van der Waals surface area (Å²) in [7, 11) is 0. The monoisotopic (exact) mass is 311 g/mol. The van der Waals surface area contributed by atoms with Crippen LogP contribution < -0.4 is 5.56 Å². The molecular weight excluding hydrogens is 290 g/mol. The minimum Gasteiger partial charge on any atom is -0.267 e. The Hall–Kier alpha value is -2.50. The summed E-state index contributed by atoms with van der Waals surface area (Å²) in [4.78, 5) is 16.6. The van der Waals surface area contributed by atoms with Gasteiger partial charge in [0.1, 0.15) is 12.7 Å². The fraction of sp³-hybridized carbons (Fsp3) is 0.412. The van der Waals surface area contributed by atoms with Crippen LogP contribution >= 0.6 is 0 Å². The molecule has 0 N–H and O–H groups in total. The highest BCUT2D eigenvalue weighted by atomic mass is 16.1. The SMILES string of the molecule is CCCCCCCn1nc(-n2cncn2)c2ccccc2c1=O. The molecule has 2 aromatic heterocycles. The van der Waals surface area contributed by atoms with Gasteiger partial charge in [-0.05, 0) is 12.5 Å². The largest absolute Gasteiger partial charge is 0.274 e. The third-order valence-electron chi connectivity index (χ3n) is 3.96. The fourth-order valence-corrected chi connectivity index (χ4v) is 2.72. The number of unbranched alkanes of at least 4 members (excludes halogenated alkanes) is 4. The van der Waals surface area contributed by atoms with E-state index in [9.17, 15) is 4.79 Å². The number of aromatic nitrogens is 5. The topological polar surface area (TPSA) is 65.6 Å². The quantitative estimate of drug-likeness (QED) is 0.629. The third-order valence-corrected chi connectivity index (χ3v) is 3.96. The molecule has 3 rings (SSSR count). The first-order valence-corrected chi connectivity index (χ1v) is 8.16. The fourth-order valence-electron chi connectivity index (χ4n) is 2.72. The maximum atomic E-state index is 12.6. The van der Waals surface area contributed by atoms with Crippen LogP contribution in [0.4, 0.5) is 0 Å². The summed E-state index contributed by atoms with van der Waals surface area (Å²) in [5.74, 6) is 0.645.